The van der Waals surface area contributed by atoms with Crippen molar-refractivity contribution in [2.24, 2.45) is 5.92 Å². The highest BCUT2D eigenvalue weighted by atomic mass is 127. The van der Waals surface area contributed by atoms with Crippen LogP contribution in [0.25, 0.3) is 0 Å². The van der Waals surface area contributed by atoms with E-state index >= 15 is 0 Å². The average molecular weight is 345 g/mol. The van der Waals surface area contributed by atoms with Gasteiger partial charge in [-0.15, -0.1) is 0 Å². The molecule has 3 heteroatoms. The molecule has 0 radical (unpaired) electrons. The molecule has 2 unspecified atom stereocenters. The van der Waals surface area contributed by atoms with Gasteiger partial charge in [0, 0.05) is 6.04 Å². The fourth-order valence-electron chi connectivity index (χ4n) is 2.62. The third kappa shape index (κ3) is 2.87. The van der Waals surface area contributed by atoms with Crippen molar-refractivity contribution in [3.05, 3.63) is 24.3 Å². The van der Waals surface area contributed by atoms with Gasteiger partial charge in [0.25, 0.3) is 0 Å². The van der Waals surface area contributed by atoms with E-state index in [0.717, 1.165) is 11.7 Å². The number of anilines is 1. The Morgan fingerprint density at radius 1 is 1.24 bits per heavy atom. The van der Waals surface area contributed by atoms with Gasteiger partial charge in [0.1, 0.15) is 5.75 Å². The average Bonchev–Trinajstić information content (AvgIpc) is 2.38. The first-order valence-electron chi connectivity index (χ1n) is 6.32. The number of hydrogen-bond acceptors (Lipinski definition) is 2. The van der Waals surface area contributed by atoms with Crippen LogP contribution in [-0.4, -0.2) is 13.2 Å². The van der Waals surface area contributed by atoms with Crippen molar-refractivity contribution >= 4 is 28.6 Å². The molecule has 1 aliphatic rings. The van der Waals surface area contributed by atoms with Crippen molar-refractivity contribution in [2.45, 2.75) is 38.6 Å². The molecule has 0 amide bonds. The Morgan fingerprint density at radius 3 is 2.65 bits per heavy atom. The maximum Gasteiger partial charge on any atom is 0.142 e. The van der Waals surface area contributed by atoms with Gasteiger partial charge in [-0.25, -0.2) is 0 Å². The van der Waals surface area contributed by atoms with Crippen molar-refractivity contribution in [1.29, 1.82) is 0 Å². The Balaban J connectivity index is 2.20. The number of benzene rings is 1. The Kier molecular flexibility index (Phi) is 4.54. The molecule has 2 atom stereocenters. The highest BCUT2D eigenvalue weighted by Gasteiger charge is 2.27. The lowest BCUT2D eigenvalue weighted by Crippen LogP contribution is -2.35. The lowest BCUT2D eigenvalue weighted by Gasteiger charge is -2.36. The molecule has 2 nitrogen and oxygen atoms in total. The zero-order chi connectivity index (χ0) is 12.3. The number of rotatable bonds is 3. The second kappa shape index (κ2) is 5.94. The second-order valence-corrected chi connectivity index (χ2v) is 5.85. The molecule has 0 aliphatic heterocycles. The summed E-state index contributed by atoms with van der Waals surface area (Å²) >= 11 is 2.44. The first-order valence-corrected chi connectivity index (χ1v) is 7.28. The molecule has 1 aromatic carbocycles. The van der Waals surface area contributed by atoms with E-state index in [1.165, 1.54) is 31.4 Å². The summed E-state index contributed by atoms with van der Waals surface area (Å²) < 4.78 is 7.82. The van der Waals surface area contributed by atoms with E-state index in [2.05, 4.69) is 45.0 Å². The fourth-order valence-corrected chi connectivity index (χ4v) is 3.84. The van der Waals surface area contributed by atoms with Crippen LogP contribution < -0.4 is 7.85 Å². The maximum atomic E-state index is 5.45. The fraction of sp³-hybridized carbons (Fsp3) is 0.571. The van der Waals surface area contributed by atoms with E-state index in [0.29, 0.717) is 6.04 Å². The van der Waals surface area contributed by atoms with Gasteiger partial charge in [0.2, 0.25) is 0 Å². The minimum absolute atomic E-state index is 0.639. The summed E-state index contributed by atoms with van der Waals surface area (Å²) in [7, 11) is 1.74. The van der Waals surface area contributed by atoms with Gasteiger partial charge in [-0.3, -0.25) is 0 Å². The van der Waals surface area contributed by atoms with Gasteiger partial charge in [-0.05, 0) is 30.9 Å². The normalized spacial score (nSPS) is 24.4. The summed E-state index contributed by atoms with van der Waals surface area (Å²) in [6.07, 6.45) is 5.37. The minimum Gasteiger partial charge on any atom is -0.495 e. The zero-order valence-corrected chi connectivity index (χ0v) is 12.7. The van der Waals surface area contributed by atoms with E-state index in [-0.39, 0.29) is 0 Å². The highest BCUT2D eigenvalue weighted by molar-refractivity contribution is 14.1. The Hall–Kier alpha value is -0.450. The third-order valence-electron chi connectivity index (χ3n) is 3.67. The molecule has 1 fully saturated rings. The molecule has 1 aliphatic carbocycles. The lowest BCUT2D eigenvalue weighted by molar-refractivity contribution is 0.337. The number of halogens is 1. The smallest absolute Gasteiger partial charge is 0.142 e. The number of nitrogens with zero attached hydrogens (tertiary/aromatic N) is 1. The van der Waals surface area contributed by atoms with Crippen molar-refractivity contribution in [1.82, 2.24) is 0 Å². The first kappa shape index (κ1) is 13.0. The minimum atomic E-state index is 0.639. The zero-order valence-electron chi connectivity index (χ0n) is 10.5. The van der Waals surface area contributed by atoms with Crippen LogP contribution in [0.1, 0.15) is 32.6 Å². The van der Waals surface area contributed by atoms with Crippen LogP contribution in [0.3, 0.4) is 0 Å². The van der Waals surface area contributed by atoms with Gasteiger partial charge in [0.15, 0.2) is 0 Å². The summed E-state index contributed by atoms with van der Waals surface area (Å²) in [6.45, 7) is 2.37. The van der Waals surface area contributed by atoms with E-state index in [1.54, 1.807) is 7.11 Å². The predicted octanol–water partition coefficient (Wildman–Crippen LogP) is 4.43. The first-order chi connectivity index (χ1) is 8.24. The molecule has 2 rings (SSSR count). The van der Waals surface area contributed by atoms with E-state index < -0.39 is 0 Å². The Bertz CT molecular complexity index is 369. The summed E-state index contributed by atoms with van der Waals surface area (Å²) in [6, 6.07) is 8.93. The molecule has 1 saturated carbocycles. The molecule has 1 aromatic rings. The molecule has 0 N–H and O–H groups in total. The number of ether oxygens (including phenoxy) is 1. The molecule has 0 spiro atoms. The molecular formula is C14H20INO. The Morgan fingerprint density at radius 2 is 1.94 bits per heavy atom. The van der Waals surface area contributed by atoms with Crippen LogP contribution in [0, 0.1) is 5.92 Å². The predicted molar refractivity (Wildman–Crippen MR) is 80.9 cm³/mol. The van der Waals surface area contributed by atoms with E-state index in [1.807, 2.05) is 12.1 Å². The summed E-state index contributed by atoms with van der Waals surface area (Å²) in [5.74, 6) is 1.74. The topological polar surface area (TPSA) is 12.5 Å². The molecule has 0 bridgehead atoms. The molecule has 0 saturated heterocycles. The molecule has 0 aromatic heterocycles. The standard InChI is InChI=1S/C14H20INO/c1-11-7-3-4-8-12(11)16(15)13-9-5-6-10-14(13)17-2/h5-6,9-12H,3-4,7-8H2,1-2H3. The number of methoxy groups -OCH3 is 1. The molecular weight excluding hydrogens is 325 g/mol. The van der Waals surface area contributed by atoms with Gasteiger partial charge < -0.3 is 7.85 Å². The van der Waals surface area contributed by atoms with Crippen molar-refractivity contribution in [3.8, 4) is 5.75 Å². The van der Waals surface area contributed by atoms with E-state index in [9.17, 15) is 0 Å². The van der Waals surface area contributed by atoms with Gasteiger partial charge >= 0.3 is 0 Å². The van der Waals surface area contributed by atoms with Crippen LogP contribution >= 0.6 is 22.9 Å². The molecule has 0 heterocycles. The van der Waals surface area contributed by atoms with Crippen molar-refractivity contribution < 1.29 is 4.74 Å². The van der Waals surface area contributed by atoms with Crippen LogP contribution in [0.2, 0.25) is 0 Å². The van der Waals surface area contributed by atoms with Crippen LogP contribution in [-0.2, 0) is 0 Å². The highest BCUT2D eigenvalue weighted by Crippen LogP contribution is 2.38. The number of para-hydroxylation sites is 2. The van der Waals surface area contributed by atoms with Crippen molar-refractivity contribution in [3.63, 3.8) is 0 Å². The third-order valence-corrected chi connectivity index (χ3v) is 4.91. The molecule has 94 valence electrons. The molecule has 17 heavy (non-hydrogen) atoms. The lowest BCUT2D eigenvalue weighted by atomic mass is 9.86. The summed E-state index contributed by atoms with van der Waals surface area (Å²) in [5.41, 5.74) is 1.20. The monoisotopic (exact) mass is 345 g/mol. The largest absolute Gasteiger partial charge is 0.495 e. The summed E-state index contributed by atoms with van der Waals surface area (Å²) in [5, 5.41) is 0. The van der Waals surface area contributed by atoms with Crippen molar-refractivity contribution in [2.75, 3.05) is 10.2 Å². The second-order valence-electron chi connectivity index (χ2n) is 4.81. The Labute approximate surface area is 118 Å². The SMILES string of the molecule is COc1ccccc1N(I)C1CCCCC1C. The van der Waals surface area contributed by atoms with Crippen LogP contribution in [0.4, 0.5) is 5.69 Å². The quantitative estimate of drug-likeness (QED) is 0.594. The van der Waals surface area contributed by atoms with Crippen LogP contribution in [0.5, 0.6) is 5.75 Å². The van der Waals surface area contributed by atoms with Crippen LogP contribution in [0.15, 0.2) is 24.3 Å². The van der Waals surface area contributed by atoms with Gasteiger partial charge in [-0.1, -0.05) is 31.9 Å². The summed E-state index contributed by atoms with van der Waals surface area (Å²) in [4.78, 5) is 0. The number of hydrogen-bond donors (Lipinski definition) is 0. The maximum absolute atomic E-state index is 5.45. The van der Waals surface area contributed by atoms with Gasteiger partial charge in [0.05, 0.1) is 35.7 Å². The van der Waals surface area contributed by atoms with Gasteiger partial charge in [-0.2, -0.15) is 0 Å². The van der Waals surface area contributed by atoms with E-state index in [4.69, 9.17) is 4.74 Å².